The van der Waals surface area contributed by atoms with E-state index < -0.39 is 18.5 Å². The minimum absolute atomic E-state index is 0.189. The quantitative estimate of drug-likeness (QED) is 0.577. The van der Waals surface area contributed by atoms with Crippen molar-refractivity contribution in [1.29, 1.82) is 0 Å². The molecule has 0 unspecified atom stereocenters. The number of hydrogen-bond acceptors (Lipinski definition) is 5. The predicted octanol–water partition coefficient (Wildman–Crippen LogP) is -1.36. The van der Waals surface area contributed by atoms with Crippen LogP contribution in [-0.4, -0.2) is 67.5 Å². The molecule has 0 radical (unpaired) electrons. The number of methoxy groups -OCH3 is 1. The van der Waals surface area contributed by atoms with Crippen LogP contribution in [0.5, 0.6) is 0 Å². The molecule has 0 spiro atoms. The number of ether oxygens (including phenoxy) is 2. The summed E-state index contributed by atoms with van der Waals surface area (Å²) in [5.41, 5.74) is 0. The van der Waals surface area contributed by atoms with Crippen molar-refractivity contribution in [3.8, 4) is 0 Å². The second kappa shape index (κ2) is 4.34. The van der Waals surface area contributed by atoms with Gasteiger partial charge in [0.1, 0.15) is 12.2 Å². The van der Waals surface area contributed by atoms with Crippen molar-refractivity contribution in [2.24, 2.45) is 0 Å². The molecule has 0 aromatic heterocycles. The Morgan fingerprint density at radius 1 is 1.46 bits per heavy atom. The van der Waals surface area contributed by atoms with Crippen LogP contribution in [0.4, 0.5) is 0 Å². The first kappa shape index (κ1) is 10.9. The van der Waals surface area contributed by atoms with Gasteiger partial charge in [-0.3, -0.25) is 4.90 Å². The monoisotopic (exact) mass is 191 g/mol. The molecule has 1 rings (SSSR count). The van der Waals surface area contributed by atoms with Gasteiger partial charge in [-0.05, 0) is 14.1 Å². The average molecular weight is 191 g/mol. The van der Waals surface area contributed by atoms with Gasteiger partial charge in [0.25, 0.3) is 0 Å². The van der Waals surface area contributed by atoms with E-state index in [0.29, 0.717) is 0 Å². The number of likely N-dealkylation sites (N-methyl/N-ethyl adjacent to an activating group) is 1. The van der Waals surface area contributed by atoms with Crippen LogP contribution in [0.3, 0.4) is 0 Å². The van der Waals surface area contributed by atoms with Crippen LogP contribution in [0.2, 0.25) is 0 Å². The van der Waals surface area contributed by atoms with Crippen molar-refractivity contribution in [1.82, 2.24) is 4.90 Å². The molecule has 0 aromatic rings. The van der Waals surface area contributed by atoms with Crippen LogP contribution in [0.1, 0.15) is 0 Å². The predicted molar refractivity (Wildman–Crippen MR) is 46.2 cm³/mol. The van der Waals surface area contributed by atoms with Crippen molar-refractivity contribution in [2.75, 3.05) is 27.8 Å². The number of nitrogens with zero attached hydrogens (tertiary/aromatic N) is 1. The maximum atomic E-state index is 9.71. The van der Waals surface area contributed by atoms with Crippen molar-refractivity contribution in [3.63, 3.8) is 0 Å². The molecule has 78 valence electrons. The van der Waals surface area contributed by atoms with E-state index >= 15 is 0 Å². The molecule has 1 heterocycles. The minimum Gasteiger partial charge on any atom is -0.394 e. The van der Waals surface area contributed by atoms with Gasteiger partial charge >= 0.3 is 0 Å². The molecule has 0 aliphatic carbocycles. The molecule has 1 saturated heterocycles. The van der Waals surface area contributed by atoms with E-state index in [1.54, 1.807) is 0 Å². The van der Waals surface area contributed by atoms with E-state index in [4.69, 9.17) is 14.6 Å². The molecular formula is C8H17NO4. The maximum Gasteiger partial charge on any atom is 0.175 e. The van der Waals surface area contributed by atoms with Crippen LogP contribution in [0.25, 0.3) is 0 Å². The van der Waals surface area contributed by atoms with Gasteiger partial charge in [0.05, 0.1) is 12.6 Å². The van der Waals surface area contributed by atoms with Crippen molar-refractivity contribution < 1.29 is 19.7 Å². The summed E-state index contributed by atoms with van der Waals surface area (Å²) < 4.78 is 10.3. The fourth-order valence-corrected chi connectivity index (χ4v) is 1.61. The summed E-state index contributed by atoms with van der Waals surface area (Å²) in [6.07, 6.45) is -1.72. The van der Waals surface area contributed by atoms with Crippen LogP contribution < -0.4 is 0 Å². The molecule has 5 heteroatoms. The maximum absolute atomic E-state index is 9.71. The van der Waals surface area contributed by atoms with Crippen LogP contribution in [0.15, 0.2) is 0 Å². The molecular weight excluding hydrogens is 174 g/mol. The Hall–Kier alpha value is -0.200. The Kier molecular flexibility index (Phi) is 3.63. The van der Waals surface area contributed by atoms with Crippen molar-refractivity contribution in [2.45, 2.75) is 24.5 Å². The van der Waals surface area contributed by atoms with Gasteiger partial charge in [0.2, 0.25) is 0 Å². The van der Waals surface area contributed by atoms with Gasteiger partial charge in [-0.25, -0.2) is 0 Å². The fourth-order valence-electron chi connectivity index (χ4n) is 1.61. The van der Waals surface area contributed by atoms with Gasteiger partial charge in [-0.1, -0.05) is 0 Å². The number of rotatable bonds is 3. The second-order valence-electron chi connectivity index (χ2n) is 3.41. The Labute approximate surface area is 77.9 Å². The van der Waals surface area contributed by atoms with Gasteiger partial charge in [-0.2, -0.15) is 0 Å². The van der Waals surface area contributed by atoms with E-state index in [2.05, 4.69) is 0 Å². The first-order chi connectivity index (χ1) is 6.11. The Bertz CT molecular complexity index is 162. The highest BCUT2D eigenvalue weighted by Crippen LogP contribution is 2.24. The van der Waals surface area contributed by atoms with Gasteiger partial charge < -0.3 is 19.7 Å². The molecule has 13 heavy (non-hydrogen) atoms. The van der Waals surface area contributed by atoms with E-state index in [1.807, 2.05) is 19.0 Å². The van der Waals surface area contributed by atoms with Crippen molar-refractivity contribution in [3.05, 3.63) is 0 Å². The zero-order valence-electron chi connectivity index (χ0n) is 8.17. The zero-order chi connectivity index (χ0) is 10.0. The third kappa shape index (κ3) is 2.00. The molecule has 5 nitrogen and oxygen atoms in total. The summed E-state index contributed by atoms with van der Waals surface area (Å²) in [7, 11) is 5.19. The lowest BCUT2D eigenvalue weighted by molar-refractivity contribution is -0.140. The molecule has 0 saturated carbocycles. The Morgan fingerprint density at radius 3 is 2.38 bits per heavy atom. The second-order valence-corrected chi connectivity index (χ2v) is 3.41. The Balaban J connectivity index is 2.68. The molecule has 4 atom stereocenters. The molecule has 2 N–H and O–H groups in total. The third-order valence-electron chi connectivity index (χ3n) is 2.33. The van der Waals surface area contributed by atoms with E-state index in [9.17, 15) is 5.11 Å². The first-order valence-corrected chi connectivity index (χ1v) is 4.25. The molecule has 0 bridgehead atoms. The first-order valence-electron chi connectivity index (χ1n) is 4.25. The molecule has 0 amide bonds. The van der Waals surface area contributed by atoms with Gasteiger partial charge in [0, 0.05) is 7.11 Å². The molecule has 0 aromatic carbocycles. The van der Waals surface area contributed by atoms with Gasteiger partial charge in [-0.15, -0.1) is 0 Å². The zero-order valence-corrected chi connectivity index (χ0v) is 8.17. The van der Waals surface area contributed by atoms with Gasteiger partial charge in [0.15, 0.2) is 6.29 Å². The summed E-state index contributed by atoms with van der Waals surface area (Å²) in [4.78, 5) is 1.83. The summed E-state index contributed by atoms with van der Waals surface area (Å²) in [6.45, 7) is -0.189. The largest absolute Gasteiger partial charge is 0.394 e. The highest BCUT2D eigenvalue weighted by Gasteiger charge is 2.44. The summed E-state index contributed by atoms with van der Waals surface area (Å²) in [5, 5.41) is 18.6. The summed E-state index contributed by atoms with van der Waals surface area (Å²) in [6, 6.07) is -0.220. The highest BCUT2D eigenvalue weighted by molar-refractivity contribution is 4.91. The number of hydrogen-bond donors (Lipinski definition) is 2. The highest BCUT2D eigenvalue weighted by atomic mass is 16.7. The lowest BCUT2D eigenvalue weighted by atomic mass is 10.1. The van der Waals surface area contributed by atoms with Crippen molar-refractivity contribution >= 4 is 0 Å². The van der Waals surface area contributed by atoms with E-state index in [-0.39, 0.29) is 12.6 Å². The normalized spacial score (nSPS) is 40.2. The SMILES string of the molecule is CO[C@H]1O[C@H](CO)[C@@H](O)[C@@H]1N(C)C. The summed E-state index contributed by atoms with van der Waals surface area (Å²) >= 11 is 0. The molecule has 1 fully saturated rings. The Morgan fingerprint density at radius 2 is 2.08 bits per heavy atom. The lowest BCUT2D eigenvalue weighted by Crippen LogP contribution is -2.45. The number of aliphatic hydroxyl groups excluding tert-OH is 2. The molecule has 1 aliphatic rings. The molecule has 1 aliphatic heterocycles. The summed E-state index contributed by atoms with van der Waals surface area (Å²) in [5.74, 6) is 0. The third-order valence-corrected chi connectivity index (χ3v) is 2.33. The smallest absolute Gasteiger partial charge is 0.175 e. The van der Waals surface area contributed by atoms with E-state index in [0.717, 1.165) is 0 Å². The minimum atomic E-state index is -0.704. The number of aliphatic hydroxyl groups is 2. The van der Waals surface area contributed by atoms with Crippen LogP contribution in [-0.2, 0) is 9.47 Å². The standard InChI is InChI=1S/C8H17NO4/c1-9(2)6-7(11)5(4-10)13-8(6)12-3/h5-8,10-11H,4H2,1-3H3/t5-,6+,7-,8+/m1/s1. The lowest BCUT2D eigenvalue weighted by Gasteiger charge is -2.25. The van der Waals surface area contributed by atoms with Crippen LogP contribution in [0, 0.1) is 0 Å². The average Bonchev–Trinajstić information content (AvgIpc) is 2.41. The van der Waals surface area contributed by atoms with Crippen LogP contribution >= 0.6 is 0 Å². The van der Waals surface area contributed by atoms with E-state index in [1.165, 1.54) is 7.11 Å². The topological polar surface area (TPSA) is 62.2 Å². The fraction of sp³-hybridized carbons (Fsp3) is 1.00.